The van der Waals surface area contributed by atoms with Gasteiger partial charge < -0.3 is 5.73 Å². The van der Waals surface area contributed by atoms with Crippen molar-refractivity contribution >= 4 is 48.2 Å². The van der Waals surface area contributed by atoms with Crippen molar-refractivity contribution in [3.05, 3.63) is 58.8 Å². The summed E-state index contributed by atoms with van der Waals surface area (Å²) in [5, 5.41) is 6.76. The van der Waals surface area contributed by atoms with E-state index < -0.39 is 10.0 Å². The van der Waals surface area contributed by atoms with Crippen molar-refractivity contribution in [2.75, 3.05) is 18.8 Å². The summed E-state index contributed by atoms with van der Waals surface area (Å²) in [5.74, 6) is 1.03. The van der Waals surface area contributed by atoms with E-state index in [4.69, 9.17) is 10.7 Å². The molecular formula is C26H28BrN5O2S. The Morgan fingerprint density at radius 1 is 1.03 bits per heavy atom. The number of hydrogen-bond donors (Lipinski definition) is 1. The molecule has 2 aromatic heterocycles. The maximum atomic E-state index is 12.5. The zero-order valence-corrected chi connectivity index (χ0v) is 21.8. The summed E-state index contributed by atoms with van der Waals surface area (Å²) in [6, 6.07) is 14.7. The van der Waals surface area contributed by atoms with Crippen LogP contribution in [0.4, 0.5) is 5.82 Å². The predicted molar refractivity (Wildman–Crippen MR) is 143 cm³/mol. The van der Waals surface area contributed by atoms with Crippen molar-refractivity contribution in [1.82, 2.24) is 18.9 Å². The average Bonchev–Trinajstić information content (AvgIpc) is 3.66. The number of anilines is 1. The van der Waals surface area contributed by atoms with Gasteiger partial charge in [0, 0.05) is 18.7 Å². The van der Waals surface area contributed by atoms with Crippen LogP contribution in [0.25, 0.3) is 27.5 Å². The summed E-state index contributed by atoms with van der Waals surface area (Å²) < 4.78 is 29.2. The monoisotopic (exact) mass is 553 g/mol. The zero-order chi connectivity index (χ0) is 24.2. The standard InChI is InChI=1S/C26H28BrN5O2S/c27-24-23(10-5-17-11-13-31(14-12-17)35(33,34)21-8-9-21)30-26-22(16-29-32(26)25(24)28)20-7-6-18-3-1-2-4-19(18)15-20/h1-4,6-7,15-17,21H,5,8-14,28H2. The van der Waals surface area contributed by atoms with Gasteiger partial charge in [-0.25, -0.2) is 17.7 Å². The number of rotatable bonds is 6. The summed E-state index contributed by atoms with van der Waals surface area (Å²) in [4.78, 5) is 4.99. The number of nitrogen functional groups attached to an aromatic ring is 1. The smallest absolute Gasteiger partial charge is 0.216 e. The summed E-state index contributed by atoms with van der Waals surface area (Å²) in [6.07, 6.45) is 7.01. The molecule has 2 aromatic carbocycles. The molecule has 7 nitrogen and oxygen atoms in total. The minimum Gasteiger partial charge on any atom is -0.383 e. The lowest BCUT2D eigenvalue weighted by Gasteiger charge is -2.31. The zero-order valence-electron chi connectivity index (χ0n) is 19.4. The number of fused-ring (bicyclic) bond motifs is 2. The molecule has 2 aliphatic rings. The van der Waals surface area contributed by atoms with E-state index in [9.17, 15) is 8.42 Å². The van der Waals surface area contributed by atoms with E-state index in [0.717, 1.165) is 65.5 Å². The number of piperidine rings is 1. The van der Waals surface area contributed by atoms with Gasteiger partial charge in [-0.2, -0.15) is 9.61 Å². The number of nitrogens with zero attached hydrogens (tertiary/aromatic N) is 4. The molecule has 6 rings (SSSR count). The van der Waals surface area contributed by atoms with Crippen LogP contribution in [0.5, 0.6) is 0 Å². The minimum atomic E-state index is -3.07. The summed E-state index contributed by atoms with van der Waals surface area (Å²) >= 11 is 3.65. The van der Waals surface area contributed by atoms with Crippen molar-refractivity contribution in [2.24, 2.45) is 5.92 Å². The van der Waals surface area contributed by atoms with Crippen LogP contribution in [0, 0.1) is 5.92 Å². The van der Waals surface area contributed by atoms with Gasteiger partial charge in [0.2, 0.25) is 10.0 Å². The highest BCUT2D eigenvalue weighted by Crippen LogP contribution is 2.35. The van der Waals surface area contributed by atoms with Crippen LogP contribution in [-0.2, 0) is 16.4 Å². The Morgan fingerprint density at radius 3 is 2.51 bits per heavy atom. The first kappa shape index (κ1) is 22.9. The Balaban J connectivity index is 1.22. The van der Waals surface area contributed by atoms with Gasteiger partial charge in [-0.05, 0) is 82.8 Å². The maximum absolute atomic E-state index is 12.5. The van der Waals surface area contributed by atoms with Gasteiger partial charge >= 0.3 is 0 Å². The van der Waals surface area contributed by atoms with Crippen LogP contribution in [0.2, 0.25) is 0 Å². The first-order valence-electron chi connectivity index (χ1n) is 12.2. The Kier molecular flexibility index (Phi) is 5.81. The van der Waals surface area contributed by atoms with Gasteiger partial charge in [0.15, 0.2) is 5.65 Å². The molecule has 0 unspecified atom stereocenters. The second-order valence-corrected chi connectivity index (χ2v) is 12.7. The molecule has 35 heavy (non-hydrogen) atoms. The van der Waals surface area contributed by atoms with Crippen LogP contribution in [-0.4, -0.2) is 45.7 Å². The second-order valence-electron chi connectivity index (χ2n) is 9.74. The molecule has 1 aliphatic carbocycles. The van der Waals surface area contributed by atoms with Crippen molar-refractivity contribution < 1.29 is 8.42 Å². The normalized spacial score (nSPS) is 18.0. The first-order valence-corrected chi connectivity index (χ1v) is 14.5. The highest BCUT2D eigenvalue weighted by atomic mass is 79.9. The van der Waals surface area contributed by atoms with Crippen LogP contribution in [0.3, 0.4) is 0 Å². The summed E-state index contributed by atoms with van der Waals surface area (Å²) in [5.41, 5.74) is 10.1. The number of aromatic nitrogens is 3. The lowest BCUT2D eigenvalue weighted by Crippen LogP contribution is -2.40. The largest absolute Gasteiger partial charge is 0.383 e. The van der Waals surface area contributed by atoms with Gasteiger partial charge in [0.05, 0.1) is 21.6 Å². The summed E-state index contributed by atoms with van der Waals surface area (Å²) in [7, 11) is -3.07. The topological polar surface area (TPSA) is 93.6 Å². The Morgan fingerprint density at radius 2 is 1.77 bits per heavy atom. The molecule has 1 saturated carbocycles. The van der Waals surface area contributed by atoms with E-state index in [-0.39, 0.29) is 5.25 Å². The second kappa shape index (κ2) is 8.87. The van der Waals surface area contributed by atoms with E-state index in [1.54, 1.807) is 8.82 Å². The third-order valence-electron chi connectivity index (χ3n) is 7.42. The number of nitrogens with two attached hydrogens (primary N) is 1. The molecule has 4 aromatic rings. The van der Waals surface area contributed by atoms with Gasteiger partial charge in [-0.3, -0.25) is 0 Å². The van der Waals surface area contributed by atoms with E-state index in [1.165, 1.54) is 10.8 Å². The fourth-order valence-corrected chi connectivity index (χ4v) is 7.47. The number of benzene rings is 2. The molecule has 0 radical (unpaired) electrons. The maximum Gasteiger partial charge on any atom is 0.216 e. The Hall–Kier alpha value is -2.49. The van der Waals surface area contributed by atoms with Crippen LogP contribution < -0.4 is 5.73 Å². The molecular weight excluding hydrogens is 526 g/mol. The molecule has 0 bridgehead atoms. The quantitative estimate of drug-likeness (QED) is 0.361. The van der Waals surface area contributed by atoms with Crippen molar-refractivity contribution in [3.8, 4) is 11.1 Å². The van der Waals surface area contributed by atoms with Gasteiger partial charge in [-0.1, -0.05) is 36.4 Å². The van der Waals surface area contributed by atoms with Gasteiger partial charge in [0.1, 0.15) is 5.82 Å². The van der Waals surface area contributed by atoms with E-state index in [1.807, 2.05) is 18.3 Å². The van der Waals surface area contributed by atoms with Crippen molar-refractivity contribution in [1.29, 1.82) is 0 Å². The molecule has 1 aliphatic heterocycles. The van der Waals surface area contributed by atoms with Crippen molar-refractivity contribution in [3.63, 3.8) is 0 Å². The molecule has 0 spiro atoms. The third-order valence-corrected chi connectivity index (χ3v) is 10.7. The lowest BCUT2D eigenvalue weighted by molar-refractivity contribution is 0.263. The van der Waals surface area contributed by atoms with E-state index >= 15 is 0 Å². The van der Waals surface area contributed by atoms with Gasteiger partial charge in [0.25, 0.3) is 0 Å². The molecule has 2 fully saturated rings. The highest BCUT2D eigenvalue weighted by molar-refractivity contribution is 9.10. The average molecular weight is 555 g/mol. The first-order chi connectivity index (χ1) is 16.9. The number of sulfonamides is 1. The van der Waals surface area contributed by atoms with Crippen LogP contribution in [0.15, 0.2) is 53.1 Å². The number of hydrogen-bond acceptors (Lipinski definition) is 5. The van der Waals surface area contributed by atoms with Crippen LogP contribution in [0.1, 0.15) is 37.8 Å². The predicted octanol–water partition coefficient (Wildman–Crippen LogP) is 5.03. The SMILES string of the molecule is Nc1c(Br)c(CCC2CCN(S(=O)(=O)C3CC3)CC2)nc2c(-c3ccc4ccccc4c3)cnn12. The summed E-state index contributed by atoms with van der Waals surface area (Å²) in [6.45, 7) is 1.27. The van der Waals surface area contributed by atoms with Crippen LogP contribution >= 0.6 is 15.9 Å². The number of aryl methyl sites for hydroxylation is 1. The molecule has 9 heteroatoms. The fourth-order valence-electron chi connectivity index (χ4n) is 5.14. The third kappa shape index (κ3) is 4.23. The molecule has 182 valence electrons. The molecule has 1 saturated heterocycles. The van der Waals surface area contributed by atoms with E-state index in [2.05, 4.69) is 51.4 Å². The molecule has 0 amide bonds. The fraction of sp³-hybridized carbons (Fsp3) is 0.385. The van der Waals surface area contributed by atoms with Gasteiger partial charge in [-0.15, -0.1) is 0 Å². The molecule has 2 N–H and O–H groups in total. The van der Waals surface area contributed by atoms with E-state index in [0.29, 0.717) is 24.8 Å². The Bertz CT molecular complexity index is 1520. The lowest BCUT2D eigenvalue weighted by atomic mass is 9.92. The minimum absolute atomic E-state index is 0.124. The van der Waals surface area contributed by atoms with Crippen molar-refractivity contribution in [2.45, 2.75) is 43.8 Å². The highest BCUT2D eigenvalue weighted by Gasteiger charge is 2.41. The molecule has 3 heterocycles. The number of halogens is 1. The molecule has 0 atom stereocenters. The Labute approximate surface area is 213 Å².